The number of nitrogens with one attached hydrogen (secondary N) is 1. The summed E-state index contributed by atoms with van der Waals surface area (Å²) in [6, 6.07) is 5.25. The molecular formula is C10H9NO4. The lowest BCUT2D eigenvalue weighted by Crippen LogP contribution is -1.93. The maximum absolute atomic E-state index is 9.03. The molecule has 5 heteroatoms. The standard InChI is InChI=1S/C10H9NO4/c12-10(13)7-3-5-6(11-7)1-2-8-9(5)15-4-14-8/h1-3,10-13H,4H2. The Morgan fingerprint density at radius 2 is 2.13 bits per heavy atom. The Morgan fingerprint density at radius 1 is 1.27 bits per heavy atom. The van der Waals surface area contributed by atoms with Crippen LogP contribution in [0.4, 0.5) is 0 Å². The highest BCUT2D eigenvalue weighted by atomic mass is 16.7. The minimum atomic E-state index is -1.50. The lowest BCUT2D eigenvalue weighted by molar-refractivity contribution is -0.0453. The van der Waals surface area contributed by atoms with E-state index >= 15 is 0 Å². The number of aromatic nitrogens is 1. The Labute approximate surface area is 84.9 Å². The maximum Gasteiger partial charge on any atom is 0.231 e. The Kier molecular flexibility index (Phi) is 1.65. The highest BCUT2D eigenvalue weighted by Gasteiger charge is 2.19. The van der Waals surface area contributed by atoms with Crippen LogP contribution in [0.5, 0.6) is 11.5 Å². The zero-order valence-corrected chi connectivity index (χ0v) is 7.73. The van der Waals surface area contributed by atoms with Gasteiger partial charge in [0.1, 0.15) is 0 Å². The fraction of sp³-hybridized carbons (Fsp3) is 0.200. The molecule has 5 nitrogen and oxygen atoms in total. The van der Waals surface area contributed by atoms with Crippen LogP contribution >= 0.6 is 0 Å². The van der Waals surface area contributed by atoms with E-state index in [0.717, 1.165) is 10.9 Å². The molecule has 0 unspecified atom stereocenters. The molecule has 78 valence electrons. The zero-order chi connectivity index (χ0) is 10.4. The van der Waals surface area contributed by atoms with Gasteiger partial charge in [-0.05, 0) is 18.2 Å². The minimum absolute atomic E-state index is 0.205. The molecule has 15 heavy (non-hydrogen) atoms. The van der Waals surface area contributed by atoms with Crippen LogP contribution in [0.25, 0.3) is 10.9 Å². The Balaban J connectivity index is 2.27. The van der Waals surface area contributed by atoms with E-state index in [1.807, 2.05) is 6.07 Å². The van der Waals surface area contributed by atoms with E-state index in [9.17, 15) is 0 Å². The first-order chi connectivity index (χ1) is 7.25. The molecule has 0 atom stereocenters. The lowest BCUT2D eigenvalue weighted by atomic mass is 10.2. The highest BCUT2D eigenvalue weighted by molar-refractivity contribution is 5.89. The summed E-state index contributed by atoms with van der Waals surface area (Å²) in [6.45, 7) is 0.205. The molecule has 0 bridgehead atoms. The summed E-state index contributed by atoms with van der Waals surface area (Å²) in [7, 11) is 0. The van der Waals surface area contributed by atoms with E-state index < -0.39 is 6.29 Å². The average molecular weight is 207 g/mol. The molecule has 0 saturated heterocycles. The van der Waals surface area contributed by atoms with Crippen molar-refractivity contribution in [3.63, 3.8) is 0 Å². The topological polar surface area (TPSA) is 74.7 Å². The van der Waals surface area contributed by atoms with Gasteiger partial charge in [-0.15, -0.1) is 0 Å². The van der Waals surface area contributed by atoms with Crippen LogP contribution in [-0.4, -0.2) is 22.0 Å². The van der Waals surface area contributed by atoms with E-state index in [1.54, 1.807) is 12.1 Å². The number of aliphatic hydroxyl groups is 2. The van der Waals surface area contributed by atoms with E-state index in [0.29, 0.717) is 17.2 Å². The number of benzene rings is 1. The van der Waals surface area contributed by atoms with Crippen LogP contribution in [0, 0.1) is 0 Å². The molecule has 0 spiro atoms. The Bertz CT molecular complexity index is 517. The number of rotatable bonds is 1. The first-order valence-electron chi connectivity index (χ1n) is 4.53. The first kappa shape index (κ1) is 8.58. The zero-order valence-electron chi connectivity index (χ0n) is 7.73. The molecule has 1 aromatic heterocycles. The average Bonchev–Trinajstić information content (AvgIpc) is 2.82. The van der Waals surface area contributed by atoms with Gasteiger partial charge in [-0.2, -0.15) is 0 Å². The van der Waals surface area contributed by atoms with Crippen LogP contribution in [-0.2, 0) is 0 Å². The molecule has 0 radical (unpaired) electrons. The minimum Gasteiger partial charge on any atom is -0.454 e. The van der Waals surface area contributed by atoms with E-state index in [2.05, 4.69) is 4.98 Å². The second-order valence-electron chi connectivity index (χ2n) is 3.36. The second-order valence-corrected chi connectivity index (χ2v) is 3.36. The van der Waals surface area contributed by atoms with Gasteiger partial charge in [-0.1, -0.05) is 0 Å². The number of H-pyrrole nitrogens is 1. The largest absolute Gasteiger partial charge is 0.454 e. The maximum atomic E-state index is 9.03. The van der Waals surface area contributed by atoms with Crippen molar-refractivity contribution in [2.45, 2.75) is 6.29 Å². The molecule has 3 rings (SSSR count). The quantitative estimate of drug-likeness (QED) is 0.607. The number of aliphatic hydroxyl groups excluding tert-OH is 1. The summed E-state index contributed by atoms with van der Waals surface area (Å²) >= 11 is 0. The van der Waals surface area contributed by atoms with Gasteiger partial charge in [0, 0.05) is 10.9 Å². The Hall–Kier alpha value is -1.72. The van der Waals surface area contributed by atoms with Crippen molar-refractivity contribution in [3.8, 4) is 11.5 Å². The SMILES string of the molecule is OC(O)c1cc2c3c(ccc2[nH]1)OCO3. The summed E-state index contributed by atoms with van der Waals surface area (Å²) < 4.78 is 10.5. The smallest absolute Gasteiger partial charge is 0.231 e. The third-order valence-electron chi connectivity index (χ3n) is 2.43. The van der Waals surface area contributed by atoms with Gasteiger partial charge < -0.3 is 24.7 Å². The number of ether oxygens (including phenoxy) is 2. The van der Waals surface area contributed by atoms with Crippen molar-refractivity contribution < 1.29 is 19.7 Å². The summed E-state index contributed by atoms with van der Waals surface area (Å²) in [5.74, 6) is 1.33. The van der Waals surface area contributed by atoms with Crippen LogP contribution < -0.4 is 9.47 Å². The monoisotopic (exact) mass is 207 g/mol. The van der Waals surface area contributed by atoms with Gasteiger partial charge in [-0.3, -0.25) is 0 Å². The van der Waals surface area contributed by atoms with Crippen LogP contribution in [0.1, 0.15) is 12.0 Å². The predicted molar refractivity (Wildman–Crippen MR) is 51.6 cm³/mol. The van der Waals surface area contributed by atoms with Crippen LogP contribution in [0.2, 0.25) is 0 Å². The van der Waals surface area contributed by atoms with E-state index in [-0.39, 0.29) is 6.79 Å². The van der Waals surface area contributed by atoms with Crippen molar-refractivity contribution >= 4 is 10.9 Å². The third kappa shape index (κ3) is 1.17. The molecule has 0 fully saturated rings. The summed E-state index contributed by atoms with van der Waals surface area (Å²) in [5, 5.41) is 18.9. The molecule has 1 aliphatic rings. The molecule has 1 aromatic carbocycles. The number of hydrogen-bond acceptors (Lipinski definition) is 4. The molecule has 0 aliphatic carbocycles. The molecular weight excluding hydrogens is 198 g/mol. The van der Waals surface area contributed by atoms with E-state index in [4.69, 9.17) is 19.7 Å². The number of hydrogen-bond donors (Lipinski definition) is 3. The van der Waals surface area contributed by atoms with Gasteiger partial charge >= 0.3 is 0 Å². The van der Waals surface area contributed by atoms with Crippen molar-refractivity contribution in [1.82, 2.24) is 4.98 Å². The van der Waals surface area contributed by atoms with E-state index in [1.165, 1.54) is 0 Å². The molecule has 1 aliphatic heterocycles. The van der Waals surface area contributed by atoms with Gasteiger partial charge in [-0.25, -0.2) is 0 Å². The van der Waals surface area contributed by atoms with Gasteiger partial charge in [0.2, 0.25) is 6.79 Å². The van der Waals surface area contributed by atoms with Crippen molar-refractivity contribution in [3.05, 3.63) is 23.9 Å². The van der Waals surface area contributed by atoms with Crippen molar-refractivity contribution in [1.29, 1.82) is 0 Å². The van der Waals surface area contributed by atoms with Crippen LogP contribution in [0.15, 0.2) is 18.2 Å². The molecule has 0 saturated carbocycles. The third-order valence-corrected chi connectivity index (χ3v) is 2.43. The molecule has 2 aromatic rings. The summed E-state index contributed by atoms with van der Waals surface area (Å²) in [4.78, 5) is 2.89. The van der Waals surface area contributed by atoms with Gasteiger partial charge in [0.25, 0.3) is 0 Å². The summed E-state index contributed by atoms with van der Waals surface area (Å²) in [5.41, 5.74) is 1.14. The predicted octanol–water partition coefficient (Wildman–Crippen LogP) is 0.880. The van der Waals surface area contributed by atoms with Crippen LogP contribution in [0.3, 0.4) is 0 Å². The lowest BCUT2D eigenvalue weighted by Gasteiger charge is -1.96. The fourth-order valence-electron chi connectivity index (χ4n) is 1.73. The van der Waals surface area contributed by atoms with Gasteiger partial charge in [0.15, 0.2) is 17.8 Å². The number of fused-ring (bicyclic) bond motifs is 3. The van der Waals surface area contributed by atoms with Crippen molar-refractivity contribution in [2.75, 3.05) is 6.79 Å². The number of aromatic amines is 1. The van der Waals surface area contributed by atoms with Crippen molar-refractivity contribution in [2.24, 2.45) is 0 Å². The second kappa shape index (κ2) is 2.88. The Morgan fingerprint density at radius 3 is 2.93 bits per heavy atom. The molecule has 3 N–H and O–H groups in total. The summed E-state index contributed by atoms with van der Waals surface area (Å²) in [6.07, 6.45) is -1.50. The van der Waals surface area contributed by atoms with Gasteiger partial charge in [0.05, 0.1) is 5.69 Å². The molecule has 2 heterocycles. The first-order valence-corrected chi connectivity index (χ1v) is 4.53. The fourth-order valence-corrected chi connectivity index (χ4v) is 1.73. The molecule has 0 amide bonds. The normalized spacial score (nSPS) is 14.1. The highest BCUT2D eigenvalue weighted by Crippen LogP contribution is 2.39.